The average molecular weight is 334 g/mol. The fourth-order valence-corrected chi connectivity index (χ4v) is 2.47. The Balaban J connectivity index is 2.35. The molecular weight excluding hydrogens is 322 g/mol. The van der Waals surface area contributed by atoms with Gasteiger partial charge in [0.25, 0.3) is 0 Å². The van der Waals surface area contributed by atoms with E-state index >= 15 is 0 Å². The normalized spacial score (nSPS) is 11.1. The molecule has 23 heavy (non-hydrogen) atoms. The lowest BCUT2D eigenvalue weighted by atomic mass is 10.1. The standard InChI is InChI=1S/C16H12ClNO5/c1-2-22-16(21)9-6-13-14(18-11(9)7-19)15(20)10-5-8(17)3-4-12(10)23-13/h3-6,19H,2,7H2,1H3. The lowest BCUT2D eigenvalue weighted by molar-refractivity contribution is 0.0522. The smallest absolute Gasteiger partial charge is 0.340 e. The van der Waals surface area contributed by atoms with Gasteiger partial charge < -0.3 is 14.3 Å². The molecule has 0 radical (unpaired) electrons. The Kier molecular flexibility index (Phi) is 4.02. The predicted octanol–water partition coefficient (Wildman–Crippen LogP) is 2.66. The summed E-state index contributed by atoms with van der Waals surface area (Å²) in [6.07, 6.45) is 0. The predicted molar refractivity (Wildman–Crippen MR) is 84.7 cm³/mol. The molecule has 118 valence electrons. The van der Waals surface area contributed by atoms with Crippen LogP contribution in [0.1, 0.15) is 23.0 Å². The van der Waals surface area contributed by atoms with Crippen molar-refractivity contribution >= 4 is 39.6 Å². The van der Waals surface area contributed by atoms with Gasteiger partial charge in [0, 0.05) is 5.02 Å². The average Bonchev–Trinajstić information content (AvgIpc) is 2.55. The second-order valence-corrected chi connectivity index (χ2v) is 5.22. The maximum absolute atomic E-state index is 12.5. The van der Waals surface area contributed by atoms with Crippen molar-refractivity contribution in [3.8, 4) is 0 Å². The number of halogens is 1. The van der Waals surface area contributed by atoms with Crippen molar-refractivity contribution in [1.82, 2.24) is 4.98 Å². The van der Waals surface area contributed by atoms with Gasteiger partial charge in [-0.3, -0.25) is 4.79 Å². The summed E-state index contributed by atoms with van der Waals surface area (Å²) in [6, 6.07) is 6.02. The quantitative estimate of drug-likeness (QED) is 0.585. The van der Waals surface area contributed by atoms with E-state index in [0.717, 1.165) is 0 Å². The Bertz CT molecular complexity index is 980. The number of aliphatic hydroxyl groups excluding tert-OH is 1. The van der Waals surface area contributed by atoms with Crippen LogP contribution in [0.25, 0.3) is 22.1 Å². The van der Waals surface area contributed by atoms with Crippen LogP contribution in [0.3, 0.4) is 0 Å². The van der Waals surface area contributed by atoms with Crippen LogP contribution in [0.2, 0.25) is 5.02 Å². The van der Waals surface area contributed by atoms with Gasteiger partial charge in [-0.25, -0.2) is 9.78 Å². The largest absolute Gasteiger partial charge is 0.462 e. The van der Waals surface area contributed by atoms with Crippen molar-refractivity contribution in [2.24, 2.45) is 0 Å². The van der Waals surface area contributed by atoms with Crippen molar-refractivity contribution in [3.05, 3.63) is 50.8 Å². The van der Waals surface area contributed by atoms with Crippen LogP contribution >= 0.6 is 11.6 Å². The third kappa shape index (κ3) is 2.67. The first-order chi connectivity index (χ1) is 11.0. The first kappa shape index (κ1) is 15.5. The van der Waals surface area contributed by atoms with Crippen LogP contribution in [0, 0.1) is 0 Å². The van der Waals surface area contributed by atoms with Gasteiger partial charge in [-0.2, -0.15) is 0 Å². The number of aliphatic hydroxyl groups is 1. The third-order valence-electron chi connectivity index (χ3n) is 3.33. The molecule has 0 aliphatic carbocycles. The molecule has 7 heteroatoms. The molecule has 0 saturated heterocycles. The summed E-state index contributed by atoms with van der Waals surface area (Å²) in [6.45, 7) is 1.35. The van der Waals surface area contributed by atoms with Crippen LogP contribution in [0.5, 0.6) is 0 Å². The molecule has 3 aromatic rings. The fraction of sp³-hybridized carbons (Fsp3) is 0.188. The molecule has 6 nitrogen and oxygen atoms in total. The SMILES string of the molecule is CCOC(=O)c1cc2oc3ccc(Cl)cc3c(=O)c2nc1CO. The lowest BCUT2D eigenvalue weighted by Gasteiger charge is -2.08. The molecule has 1 aromatic carbocycles. The fourth-order valence-electron chi connectivity index (χ4n) is 2.29. The number of carbonyl (C=O) groups is 1. The number of benzene rings is 1. The molecule has 0 saturated carbocycles. The molecular formula is C16H12ClNO5. The highest BCUT2D eigenvalue weighted by atomic mass is 35.5. The Labute approximate surface area is 135 Å². The number of ether oxygens (including phenoxy) is 1. The second kappa shape index (κ2) is 5.98. The van der Waals surface area contributed by atoms with Crippen LogP contribution in [-0.2, 0) is 11.3 Å². The van der Waals surface area contributed by atoms with Gasteiger partial charge in [-0.15, -0.1) is 0 Å². The molecule has 0 amide bonds. The van der Waals surface area contributed by atoms with Crippen molar-refractivity contribution < 1.29 is 19.1 Å². The summed E-state index contributed by atoms with van der Waals surface area (Å²) < 4.78 is 10.6. The molecule has 0 atom stereocenters. The van der Waals surface area contributed by atoms with Crippen molar-refractivity contribution in [3.63, 3.8) is 0 Å². The van der Waals surface area contributed by atoms with Gasteiger partial charge in [0.15, 0.2) is 11.1 Å². The number of hydrogen-bond donors (Lipinski definition) is 1. The van der Waals surface area contributed by atoms with Gasteiger partial charge in [0.05, 0.1) is 29.9 Å². The topological polar surface area (TPSA) is 89.6 Å². The Hall–Kier alpha value is -2.44. The molecule has 0 bridgehead atoms. The number of aromatic nitrogens is 1. The number of fused-ring (bicyclic) bond motifs is 2. The van der Waals surface area contributed by atoms with Crippen molar-refractivity contribution in [1.29, 1.82) is 0 Å². The second-order valence-electron chi connectivity index (χ2n) is 4.78. The Morgan fingerprint density at radius 2 is 2.13 bits per heavy atom. The van der Waals surface area contributed by atoms with E-state index in [4.69, 9.17) is 20.8 Å². The van der Waals surface area contributed by atoms with E-state index < -0.39 is 12.6 Å². The molecule has 2 heterocycles. The number of carbonyl (C=O) groups excluding carboxylic acids is 1. The number of hydrogen-bond acceptors (Lipinski definition) is 6. The van der Waals surface area contributed by atoms with E-state index in [1.807, 2.05) is 0 Å². The third-order valence-corrected chi connectivity index (χ3v) is 3.57. The zero-order valence-electron chi connectivity index (χ0n) is 12.1. The van der Waals surface area contributed by atoms with Gasteiger partial charge in [0.1, 0.15) is 5.58 Å². The monoisotopic (exact) mass is 333 g/mol. The summed E-state index contributed by atoms with van der Waals surface area (Å²) >= 11 is 5.90. The van der Waals surface area contributed by atoms with Gasteiger partial charge in [-0.05, 0) is 31.2 Å². The van der Waals surface area contributed by atoms with E-state index in [9.17, 15) is 14.7 Å². The van der Waals surface area contributed by atoms with Gasteiger partial charge >= 0.3 is 5.97 Å². The summed E-state index contributed by atoms with van der Waals surface area (Å²) in [5.41, 5.74) is 0.249. The van der Waals surface area contributed by atoms with Crippen LogP contribution < -0.4 is 5.43 Å². The maximum atomic E-state index is 12.5. The van der Waals surface area contributed by atoms with E-state index in [-0.39, 0.29) is 39.8 Å². The van der Waals surface area contributed by atoms with Crippen molar-refractivity contribution in [2.75, 3.05) is 6.61 Å². The molecule has 2 aromatic heterocycles. The first-order valence-electron chi connectivity index (χ1n) is 6.89. The molecule has 0 aliphatic heterocycles. The van der Waals surface area contributed by atoms with Crippen LogP contribution in [0.4, 0.5) is 0 Å². The highest BCUT2D eigenvalue weighted by molar-refractivity contribution is 6.31. The molecule has 0 fully saturated rings. The van der Waals surface area contributed by atoms with Crippen LogP contribution in [0.15, 0.2) is 33.5 Å². The maximum Gasteiger partial charge on any atom is 0.340 e. The first-order valence-corrected chi connectivity index (χ1v) is 7.27. The summed E-state index contributed by atoms with van der Waals surface area (Å²) in [5.74, 6) is -0.634. The van der Waals surface area contributed by atoms with E-state index in [2.05, 4.69) is 4.98 Å². The van der Waals surface area contributed by atoms with Gasteiger partial charge in [-0.1, -0.05) is 11.6 Å². The number of nitrogens with zero attached hydrogens (tertiary/aromatic N) is 1. The molecule has 1 N–H and O–H groups in total. The van der Waals surface area contributed by atoms with Gasteiger partial charge in [0.2, 0.25) is 5.43 Å². The van der Waals surface area contributed by atoms with E-state index in [0.29, 0.717) is 10.6 Å². The Morgan fingerprint density at radius 1 is 1.35 bits per heavy atom. The summed E-state index contributed by atoms with van der Waals surface area (Å²) in [5, 5.41) is 10.1. The highest BCUT2D eigenvalue weighted by Gasteiger charge is 2.18. The highest BCUT2D eigenvalue weighted by Crippen LogP contribution is 2.23. The van der Waals surface area contributed by atoms with E-state index in [1.54, 1.807) is 19.1 Å². The minimum atomic E-state index is -0.634. The number of rotatable bonds is 3. The number of esters is 1. The zero-order valence-corrected chi connectivity index (χ0v) is 12.9. The molecule has 0 unspecified atom stereocenters. The summed E-state index contributed by atoms with van der Waals surface area (Å²) in [4.78, 5) is 28.6. The molecule has 3 rings (SSSR count). The Morgan fingerprint density at radius 3 is 2.83 bits per heavy atom. The van der Waals surface area contributed by atoms with Crippen molar-refractivity contribution in [2.45, 2.75) is 13.5 Å². The molecule has 0 spiro atoms. The minimum absolute atomic E-state index is 0.0249. The molecule has 0 aliphatic rings. The minimum Gasteiger partial charge on any atom is -0.462 e. The van der Waals surface area contributed by atoms with Crippen LogP contribution in [-0.4, -0.2) is 22.7 Å². The lowest BCUT2D eigenvalue weighted by Crippen LogP contribution is -2.13. The van der Waals surface area contributed by atoms with E-state index in [1.165, 1.54) is 12.1 Å². The zero-order chi connectivity index (χ0) is 16.6. The number of pyridine rings is 1. The summed E-state index contributed by atoms with van der Waals surface area (Å²) in [7, 11) is 0.